The van der Waals surface area contributed by atoms with Gasteiger partial charge in [0, 0.05) is 17.3 Å². The van der Waals surface area contributed by atoms with Gasteiger partial charge in [0.15, 0.2) is 0 Å². The van der Waals surface area contributed by atoms with Crippen LogP contribution in [-0.2, 0) is 4.79 Å². The van der Waals surface area contributed by atoms with Gasteiger partial charge in [-0.2, -0.15) is 0 Å². The molecule has 0 unspecified atom stereocenters. The van der Waals surface area contributed by atoms with Crippen LogP contribution in [0.25, 0.3) is 0 Å². The lowest BCUT2D eigenvalue weighted by Gasteiger charge is -2.25. The van der Waals surface area contributed by atoms with Crippen molar-refractivity contribution in [2.75, 3.05) is 11.9 Å². The third kappa shape index (κ3) is 3.16. The minimum absolute atomic E-state index is 0. The van der Waals surface area contributed by atoms with Gasteiger partial charge in [0.1, 0.15) is 0 Å². The Labute approximate surface area is 118 Å². The molecule has 2 rings (SSSR count). The lowest BCUT2D eigenvalue weighted by atomic mass is 9.85. The van der Waals surface area contributed by atoms with Crippen molar-refractivity contribution in [3.8, 4) is 0 Å². The maximum Gasteiger partial charge on any atom is 0.231 e. The highest BCUT2D eigenvalue weighted by atomic mass is 35.5. The van der Waals surface area contributed by atoms with Crippen molar-refractivity contribution in [1.29, 1.82) is 0 Å². The molecule has 0 aromatic heterocycles. The largest absolute Gasteiger partial charge is 0.329 e. The summed E-state index contributed by atoms with van der Waals surface area (Å²) < 4.78 is 0. The van der Waals surface area contributed by atoms with Crippen molar-refractivity contribution in [3.63, 3.8) is 0 Å². The van der Waals surface area contributed by atoms with Crippen LogP contribution in [0.1, 0.15) is 25.7 Å². The third-order valence-electron chi connectivity index (χ3n) is 3.52. The van der Waals surface area contributed by atoms with Gasteiger partial charge in [-0.05, 0) is 31.0 Å². The number of carbonyl (C=O) groups excluding carboxylic acids is 1. The van der Waals surface area contributed by atoms with Crippen LogP contribution >= 0.6 is 24.0 Å². The number of hydrogen-bond acceptors (Lipinski definition) is 2. The number of amides is 1. The molecule has 3 N–H and O–H groups in total. The molecule has 1 saturated carbocycles. The molecular weight excluding hydrogens is 271 g/mol. The highest BCUT2D eigenvalue weighted by molar-refractivity contribution is 6.30. The van der Waals surface area contributed by atoms with Crippen molar-refractivity contribution in [1.82, 2.24) is 0 Å². The molecule has 0 atom stereocenters. The first-order chi connectivity index (χ1) is 8.16. The van der Waals surface area contributed by atoms with Gasteiger partial charge in [0.2, 0.25) is 5.91 Å². The monoisotopic (exact) mass is 288 g/mol. The van der Waals surface area contributed by atoms with Crippen molar-refractivity contribution >= 4 is 35.6 Å². The molecule has 0 spiro atoms. The second-order valence-electron chi connectivity index (χ2n) is 4.66. The molecule has 0 bridgehead atoms. The number of benzene rings is 1. The van der Waals surface area contributed by atoms with E-state index in [4.69, 9.17) is 17.3 Å². The van der Waals surface area contributed by atoms with Gasteiger partial charge < -0.3 is 11.1 Å². The Morgan fingerprint density at radius 2 is 2.06 bits per heavy atom. The highest BCUT2D eigenvalue weighted by Crippen LogP contribution is 2.38. The molecule has 1 aliphatic rings. The second kappa shape index (κ2) is 6.41. The van der Waals surface area contributed by atoms with Crippen LogP contribution in [-0.4, -0.2) is 12.5 Å². The zero-order valence-corrected chi connectivity index (χ0v) is 11.7. The van der Waals surface area contributed by atoms with E-state index < -0.39 is 0 Å². The molecule has 0 heterocycles. The lowest BCUT2D eigenvalue weighted by molar-refractivity contribution is -0.124. The molecule has 18 heavy (non-hydrogen) atoms. The predicted molar refractivity (Wildman–Crippen MR) is 77.3 cm³/mol. The van der Waals surface area contributed by atoms with Gasteiger partial charge in [0.05, 0.1) is 5.41 Å². The number of halogens is 2. The quantitative estimate of drug-likeness (QED) is 0.897. The molecule has 1 fully saturated rings. The molecular formula is C13H18Cl2N2O. The fourth-order valence-corrected chi connectivity index (χ4v) is 2.60. The van der Waals surface area contributed by atoms with Crippen molar-refractivity contribution in [2.24, 2.45) is 11.1 Å². The van der Waals surface area contributed by atoms with E-state index in [9.17, 15) is 4.79 Å². The second-order valence-corrected chi connectivity index (χ2v) is 5.09. The molecule has 100 valence electrons. The Morgan fingerprint density at radius 3 is 2.61 bits per heavy atom. The van der Waals surface area contributed by atoms with E-state index in [2.05, 4.69) is 5.32 Å². The van der Waals surface area contributed by atoms with Crippen LogP contribution in [0.2, 0.25) is 5.02 Å². The molecule has 0 radical (unpaired) electrons. The average Bonchev–Trinajstić information content (AvgIpc) is 2.78. The Morgan fingerprint density at radius 1 is 1.39 bits per heavy atom. The van der Waals surface area contributed by atoms with Crippen molar-refractivity contribution in [2.45, 2.75) is 25.7 Å². The van der Waals surface area contributed by atoms with E-state index in [1.54, 1.807) is 12.1 Å². The predicted octanol–water partition coefficient (Wildman–Crippen LogP) is 3.22. The molecule has 1 aliphatic carbocycles. The van der Waals surface area contributed by atoms with E-state index in [-0.39, 0.29) is 23.7 Å². The zero-order chi connectivity index (χ0) is 12.3. The Kier molecular flexibility index (Phi) is 5.45. The van der Waals surface area contributed by atoms with Gasteiger partial charge in [0.25, 0.3) is 0 Å². The molecule has 1 aromatic carbocycles. The number of rotatable bonds is 3. The summed E-state index contributed by atoms with van der Waals surface area (Å²) in [6.07, 6.45) is 3.94. The SMILES string of the molecule is Cl.NCC1(C(=O)Nc2cccc(Cl)c2)CCCC1. The average molecular weight is 289 g/mol. The number of anilines is 1. The summed E-state index contributed by atoms with van der Waals surface area (Å²) in [5, 5.41) is 3.53. The first-order valence-electron chi connectivity index (χ1n) is 5.93. The van der Waals surface area contributed by atoms with Gasteiger partial charge in [-0.25, -0.2) is 0 Å². The van der Waals surface area contributed by atoms with Crippen LogP contribution in [0.4, 0.5) is 5.69 Å². The Balaban J connectivity index is 0.00000162. The van der Waals surface area contributed by atoms with E-state index in [1.807, 2.05) is 12.1 Å². The van der Waals surface area contributed by atoms with Gasteiger partial charge >= 0.3 is 0 Å². The van der Waals surface area contributed by atoms with E-state index in [0.29, 0.717) is 11.6 Å². The summed E-state index contributed by atoms with van der Waals surface area (Å²) in [6, 6.07) is 7.19. The first kappa shape index (κ1) is 15.3. The molecule has 0 saturated heterocycles. The van der Waals surface area contributed by atoms with E-state index in [0.717, 1.165) is 31.4 Å². The molecule has 1 aromatic rings. The van der Waals surface area contributed by atoms with Crippen molar-refractivity contribution in [3.05, 3.63) is 29.3 Å². The normalized spacial score (nSPS) is 17.0. The lowest BCUT2D eigenvalue weighted by Crippen LogP contribution is -2.40. The van der Waals surface area contributed by atoms with E-state index in [1.165, 1.54) is 0 Å². The first-order valence-corrected chi connectivity index (χ1v) is 6.31. The zero-order valence-electron chi connectivity index (χ0n) is 10.1. The highest BCUT2D eigenvalue weighted by Gasteiger charge is 2.39. The number of nitrogens with one attached hydrogen (secondary N) is 1. The standard InChI is InChI=1S/C13H17ClN2O.ClH/c14-10-4-3-5-11(8-10)16-12(17)13(9-15)6-1-2-7-13;/h3-5,8H,1-2,6-7,9,15H2,(H,16,17);1H. The molecule has 1 amide bonds. The van der Waals surface area contributed by atoms with Crippen LogP contribution in [0.3, 0.4) is 0 Å². The van der Waals surface area contributed by atoms with Gasteiger partial charge in [-0.1, -0.05) is 30.5 Å². The van der Waals surface area contributed by atoms with Crippen LogP contribution in [0.15, 0.2) is 24.3 Å². The fourth-order valence-electron chi connectivity index (χ4n) is 2.41. The van der Waals surface area contributed by atoms with Crippen LogP contribution in [0, 0.1) is 5.41 Å². The topological polar surface area (TPSA) is 55.1 Å². The summed E-state index contributed by atoms with van der Waals surface area (Å²) >= 11 is 5.88. The Bertz CT molecular complexity index is 417. The minimum Gasteiger partial charge on any atom is -0.329 e. The molecule has 0 aliphatic heterocycles. The molecule has 5 heteroatoms. The number of nitrogens with two attached hydrogens (primary N) is 1. The number of carbonyl (C=O) groups is 1. The van der Waals surface area contributed by atoms with Crippen LogP contribution in [0.5, 0.6) is 0 Å². The molecule has 3 nitrogen and oxygen atoms in total. The number of hydrogen-bond donors (Lipinski definition) is 2. The minimum atomic E-state index is -0.373. The Hall–Kier alpha value is -0.770. The van der Waals surface area contributed by atoms with Gasteiger partial charge in [-0.3, -0.25) is 4.79 Å². The fraction of sp³-hybridized carbons (Fsp3) is 0.462. The van der Waals surface area contributed by atoms with Crippen LogP contribution < -0.4 is 11.1 Å². The van der Waals surface area contributed by atoms with Gasteiger partial charge in [-0.15, -0.1) is 12.4 Å². The summed E-state index contributed by atoms with van der Waals surface area (Å²) in [7, 11) is 0. The smallest absolute Gasteiger partial charge is 0.231 e. The summed E-state index contributed by atoms with van der Waals surface area (Å²) in [5.41, 5.74) is 6.13. The summed E-state index contributed by atoms with van der Waals surface area (Å²) in [6.45, 7) is 0.416. The van der Waals surface area contributed by atoms with Crippen molar-refractivity contribution < 1.29 is 4.79 Å². The summed E-state index contributed by atoms with van der Waals surface area (Å²) in [4.78, 5) is 12.2. The van der Waals surface area contributed by atoms with E-state index >= 15 is 0 Å². The summed E-state index contributed by atoms with van der Waals surface area (Å²) in [5.74, 6) is 0.0276. The maximum atomic E-state index is 12.2. The maximum absolute atomic E-state index is 12.2. The third-order valence-corrected chi connectivity index (χ3v) is 3.75.